The van der Waals surface area contributed by atoms with E-state index < -0.39 is 17.8 Å². The van der Waals surface area contributed by atoms with Crippen LogP contribution >= 0.6 is 11.6 Å². The van der Waals surface area contributed by atoms with Crippen LogP contribution in [0.15, 0.2) is 66.7 Å². The highest BCUT2D eigenvalue weighted by Gasteiger charge is 2.22. The lowest BCUT2D eigenvalue weighted by atomic mass is 10.2. The van der Waals surface area contributed by atoms with E-state index in [0.717, 1.165) is 5.69 Å². The molecule has 1 aliphatic rings. The van der Waals surface area contributed by atoms with Gasteiger partial charge in [0.05, 0.1) is 22.0 Å². The van der Waals surface area contributed by atoms with Crippen LogP contribution in [0.1, 0.15) is 10.4 Å². The number of hydrogen-bond acceptors (Lipinski definition) is 4. The zero-order valence-electron chi connectivity index (χ0n) is 19.0. The number of hydrogen-bond donors (Lipinski definition) is 4. The zero-order valence-corrected chi connectivity index (χ0v) is 19.8. The van der Waals surface area contributed by atoms with Gasteiger partial charge >= 0.3 is 18.0 Å². The second-order valence-electron chi connectivity index (χ2n) is 8.01. The van der Waals surface area contributed by atoms with Crippen molar-refractivity contribution in [3.63, 3.8) is 0 Å². The third-order valence-electron chi connectivity index (χ3n) is 5.64. The molecule has 4 N–H and O–H groups in total. The third kappa shape index (κ3) is 6.02. The number of nitrogens with zero attached hydrogens (tertiary/aromatic N) is 2. The van der Waals surface area contributed by atoms with Crippen molar-refractivity contribution in [1.29, 1.82) is 0 Å². The van der Waals surface area contributed by atoms with Gasteiger partial charge in [-0.3, -0.25) is 0 Å². The van der Waals surface area contributed by atoms with Crippen molar-refractivity contribution in [1.82, 2.24) is 4.90 Å². The standard InChI is InChI=1S/C25H23ClFN5O4/c26-19-15-16(23(33)34)5-10-21(19)30-25(36)32-13-11-31(12-14-32)18-8-6-17(7-9-18)28-24(35)29-22-4-2-1-3-20(22)27/h1-10,15H,11-14H2,(H,30,36)(H,33,34)(H2,28,29,35). The van der Waals surface area contributed by atoms with Crippen molar-refractivity contribution >= 4 is 52.4 Å². The minimum absolute atomic E-state index is 0.0403. The smallest absolute Gasteiger partial charge is 0.335 e. The SMILES string of the molecule is O=C(Nc1ccc(N2CCN(C(=O)Nc3ccc(C(=O)O)cc3Cl)CC2)cc1)Nc1ccccc1F. The number of urea groups is 2. The fourth-order valence-corrected chi connectivity index (χ4v) is 3.94. The first-order valence-electron chi connectivity index (χ1n) is 11.1. The van der Waals surface area contributed by atoms with Crippen molar-refractivity contribution in [3.05, 3.63) is 83.1 Å². The Hall–Kier alpha value is -4.31. The van der Waals surface area contributed by atoms with Gasteiger partial charge in [-0.05, 0) is 54.6 Å². The summed E-state index contributed by atoms with van der Waals surface area (Å²) >= 11 is 6.10. The van der Waals surface area contributed by atoms with Gasteiger partial charge in [0.1, 0.15) is 5.82 Å². The Morgan fingerprint density at radius 2 is 1.53 bits per heavy atom. The summed E-state index contributed by atoms with van der Waals surface area (Å²) in [7, 11) is 0. The summed E-state index contributed by atoms with van der Waals surface area (Å²) in [6, 6.07) is 16.4. The Morgan fingerprint density at radius 1 is 0.833 bits per heavy atom. The molecule has 1 saturated heterocycles. The molecule has 0 atom stereocenters. The average Bonchev–Trinajstić information content (AvgIpc) is 2.87. The molecular formula is C25H23ClFN5O4. The number of amides is 4. The number of piperazine rings is 1. The number of aromatic carboxylic acids is 1. The topological polar surface area (TPSA) is 114 Å². The molecule has 186 valence electrons. The van der Waals surface area contributed by atoms with E-state index in [-0.39, 0.29) is 22.3 Å². The molecule has 1 fully saturated rings. The molecule has 1 heterocycles. The summed E-state index contributed by atoms with van der Waals surface area (Å²) < 4.78 is 13.7. The van der Waals surface area contributed by atoms with Crippen LogP contribution < -0.4 is 20.9 Å². The molecule has 36 heavy (non-hydrogen) atoms. The van der Waals surface area contributed by atoms with Crippen molar-refractivity contribution in [2.45, 2.75) is 0 Å². The molecule has 9 nitrogen and oxygen atoms in total. The number of carbonyl (C=O) groups is 3. The van der Waals surface area contributed by atoms with E-state index in [1.165, 1.54) is 30.3 Å². The van der Waals surface area contributed by atoms with Crippen molar-refractivity contribution in [2.75, 3.05) is 47.0 Å². The highest BCUT2D eigenvalue weighted by Crippen LogP contribution is 2.24. The predicted molar refractivity (Wildman–Crippen MR) is 137 cm³/mol. The Morgan fingerprint density at radius 3 is 2.17 bits per heavy atom. The van der Waals surface area contributed by atoms with E-state index in [2.05, 4.69) is 20.9 Å². The molecule has 0 aromatic heterocycles. The van der Waals surface area contributed by atoms with Gasteiger partial charge in [-0.1, -0.05) is 23.7 Å². The first kappa shape index (κ1) is 24.8. The molecule has 11 heteroatoms. The average molecular weight is 512 g/mol. The second-order valence-corrected chi connectivity index (χ2v) is 8.42. The van der Waals surface area contributed by atoms with Crippen LogP contribution in [0.4, 0.5) is 36.7 Å². The number of nitrogens with one attached hydrogen (secondary N) is 3. The highest BCUT2D eigenvalue weighted by atomic mass is 35.5. The Balaban J connectivity index is 1.27. The minimum atomic E-state index is -1.10. The van der Waals surface area contributed by atoms with Crippen molar-refractivity contribution < 1.29 is 23.9 Å². The number of carboxylic acid groups (broad SMARTS) is 1. The molecule has 4 rings (SSSR count). The quantitative estimate of drug-likeness (QED) is 0.377. The van der Waals surface area contributed by atoms with Crippen LogP contribution in [0.25, 0.3) is 0 Å². The van der Waals surface area contributed by atoms with E-state index in [1.807, 2.05) is 12.1 Å². The maximum Gasteiger partial charge on any atom is 0.335 e. The highest BCUT2D eigenvalue weighted by molar-refractivity contribution is 6.34. The van der Waals surface area contributed by atoms with E-state index in [4.69, 9.17) is 16.7 Å². The van der Waals surface area contributed by atoms with E-state index in [9.17, 15) is 18.8 Å². The Bertz CT molecular complexity index is 1280. The number of halogens is 2. The molecule has 0 spiro atoms. The third-order valence-corrected chi connectivity index (χ3v) is 5.95. The number of para-hydroxylation sites is 1. The van der Waals surface area contributed by atoms with Crippen molar-refractivity contribution in [2.24, 2.45) is 0 Å². The van der Waals surface area contributed by atoms with Gasteiger partial charge in [0, 0.05) is 37.6 Å². The number of carbonyl (C=O) groups excluding carboxylic acids is 2. The van der Waals surface area contributed by atoms with Gasteiger partial charge < -0.3 is 30.9 Å². The molecule has 4 amide bonds. The van der Waals surface area contributed by atoms with Crippen LogP contribution in [-0.2, 0) is 0 Å². The molecule has 1 aliphatic heterocycles. The lowest BCUT2D eigenvalue weighted by Crippen LogP contribution is -2.50. The summed E-state index contributed by atoms with van der Waals surface area (Å²) in [5.41, 5.74) is 1.96. The summed E-state index contributed by atoms with van der Waals surface area (Å²) in [6.45, 7) is 2.14. The van der Waals surface area contributed by atoms with Crippen LogP contribution in [0.3, 0.4) is 0 Å². The largest absolute Gasteiger partial charge is 0.478 e. The van der Waals surface area contributed by atoms with Gasteiger partial charge in [-0.2, -0.15) is 0 Å². The van der Waals surface area contributed by atoms with Gasteiger partial charge in [0.25, 0.3) is 0 Å². The monoisotopic (exact) mass is 511 g/mol. The van der Waals surface area contributed by atoms with Crippen LogP contribution in [0.5, 0.6) is 0 Å². The van der Waals surface area contributed by atoms with Gasteiger partial charge in [-0.15, -0.1) is 0 Å². The Labute approximate surface area is 211 Å². The maximum atomic E-state index is 13.7. The Kier molecular flexibility index (Phi) is 7.55. The molecule has 0 bridgehead atoms. The lowest BCUT2D eigenvalue weighted by Gasteiger charge is -2.36. The molecular weight excluding hydrogens is 489 g/mol. The van der Waals surface area contributed by atoms with Crippen LogP contribution in [0.2, 0.25) is 5.02 Å². The molecule has 0 saturated carbocycles. The summed E-state index contributed by atoms with van der Waals surface area (Å²) in [5, 5.41) is 17.0. The van der Waals surface area contributed by atoms with Gasteiger partial charge in [-0.25, -0.2) is 18.8 Å². The lowest BCUT2D eigenvalue weighted by molar-refractivity contribution is 0.0697. The summed E-state index contributed by atoms with van der Waals surface area (Å²) in [6.07, 6.45) is 0. The molecule has 0 radical (unpaired) electrons. The summed E-state index contributed by atoms with van der Waals surface area (Å²) in [4.78, 5) is 39.6. The first-order valence-corrected chi connectivity index (χ1v) is 11.4. The first-order chi connectivity index (χ1) is 17.3. The molecule has 3 aromatic rings. The number of anilines is 4. The second kappa shape index (κ2) is 11.0. The molecule has 3 aromatic carbocycles. The summed E-state index contributed by atoms with van der Waals surface area (Å²) in [5.74, 6) is -1.62. The zero-order chi connectivity index (χ0) is 25.7. The minimum Gasteiger partial charge on any atom is -0.478 e. The van der Waals surface area contributed by atoms with Crippen molar-refractivity contribution in [3.8, 4) is 0 Å². The van der Waals surface area contributed by atoms with E-state index >= 15 is 0 Å². The fraction of sp³-hybridized carbons (Fsp3) is 0.160. The predicted octanol–water partition coefficient (Wildman–Crippen LogP) is 5.18. The van der Waals surface area contributed by atoms with Gasteiger partial charge in [0.15, 0.2) is 0 Å². The van der Waals surface area contributed by atoms with Crippen LogP contribution in [-0.4, -0.2) is 54.2 Å². The van der Waals surface area contributed by atoms with E-state index in [0.29, 0.717) is 37.6 Å². The normalized spacial score (nSPS) is 13.2. The van der Waals surface area contributed by atoms with Crippen LogP contribution in [0, 0.1) is 5.82 Å². The maximum absolute atomic E-state index is 13.7. The number of benzene rings is 3. The number of rotatable bonds is 5. The number of carboxylic acids is 1. The molecule has 0 unspecified atom stereocenters. The fourth-order valence-electron chi connectivity index (χ4n) is 3.71. The molecule has 0 aliphatic carbocycles. The van der Waals surface area contributed by atoms with E-state index in [1.54, 1.807) is 29.2 Å². The van der Waals surface area contributed by atoms with Gasteiger partial charge in [0.2, 0.25) is 0 Å².